The fourth-order valence-electron chi connectivity index (χ4n) is 2.22. The fourth-order valence-corrected chi connectivity index (χ4v) is 4.01. The molecule has 0 aromatic heterocycles. The van der Waals surface area contributed by atoms with Gasteiger partial charge in [0.1, 0.15) is 5.82 Å². The molecule has 0 radical (unpaired) electrons. The standard InChI is InChI=1S/C12H15BrFNO3S/c13-11-2-1-10(7-12(11)14)19(17,18)15-5-3-9(8-15)4-6-16/h1-2,7,9,16H,3-6,8H2. The minimum Gasteiger partial charge on any atom is -0.396 e. The number of sulfonamides is 1. The van der Waals surface area contributed by atoms with Crippen molar-refractivity contribution < 1.29 is 17.9 Å². The summed E-state index contributed by atoms with van der Waals surface area (Å²) in [6.07, 6.45) is 1.33. The van der Waals surface area contributed by atoms with Gasteiger partial charge in [-0.25, -0.2) is 12.8 Å². The molecular formula is C12H15BrFNO3S. The van der Waals surface area contributed by atoms with Crippen molar-refractivity contribution in [2.75, 3.05) is 19.7 Å². The van der Waals surface area contributed by atoms with Crippen LogP contribution in [0.4, 0.5) is 4.39 Å². The van der Waals surface area contributed by atoms with E-state index in [-0.39, 0.29) is 21.9 Å². The molecule has 0 saturated carbocycles. The maximum Gasteiger partial charge on any atom is 0.243 e. The molecule has 7 heteroatoms. The summed E-state index contributed by atoms with van der Waals surface area (Å²) in [5.74, 6) is -0.410. The second-order valence-corrected chi connectivity index (χ2v) is 7.40. The highest BCUT2D eigenvalue weighted by Gasteiger charge is 2.32. The van der Waals surface area contributed by atoms with Gasteiger partial charge in [-0.05, 0) is 52.9 Å². The van der Waals surface area contributed by atoms with Crippen LogP contribution in [-0.2, 0) is 10.0 Å². The zero-order valence-electron chi connectivity index (χ0n) is 10.2. The van der Waals surface area contributed by atoms with Gasteiger partial charge in [-0.15, -0.1) is 0 Å². The number of hydrogen-bond donors (Lipinski definition) is 1. The molecule has 1 aromatic carbocycles. The van der Waals surface area contributed by atoms with Crippen LogP contribution in [-0.4, -0.2) is 37.5 Å². The van der Waals surface area contributed by atoms with Gasteiger partial charge in [0.25, 0.3) is 0 Å². The van der Waals surface area contributed by atoms with Gasteiger partial charge in [0.05, 0.1) is 9.37 Å². The topological polar surface area (TPSA) is 57.6 Å². The predicted molar refractivity (Wildman–Crippen MR) is 72.7 cm³/mol. The maximum absolute atomic E-state index is 13.4. The molecule has 1 aliphatic rings. The van der Waals surface area contributed by atoms with E-state index in [0.717, 1.165) is 12.5 Å². The van der Waals surface area contributed by atoms with Crippen LogP contribution in [0.15, 0.2) is 27.6 Å². The number of halogens is 2. The smallest absolute Gasteiger partial charge is 0.243 e. The summed E-state index contributed by atoms with van der Waals surface area (Å²) in [6.45, 7) is 0.872. The summed E-state index contributed by atoms with van der Waals surface area (Å²) < 4.78 is 39.7. The van der Waals surface area contributed by atoms with Crippen LogP contribution in [0.5, 0.6) is 0 Å². The molecule has 19 heavy (non-hydrogen) atoms. The molecule has 1 fully saturated rings. The molecule has 1 saturated heterocycles. The van der Waals surface area contributed by atoms with Crippen molar-refractivity contribution in [3.63, 3.8) is 0 Å². The minimum atomic E-state index is -3.64. The first-order chi connectivity index (χ1) is 8.95. The molecule has 0 amide bonds. The van der Waals surface area contributed by atoms with E-state index < -0.39 is 15.8 Å². The van der Waals surface area contributed by atoms with Crippen LogP contribution in [0.2, 0.25) is 0 Å². The van der Waals surface area contributed by atoms with Gasteiger partial charge in [-0.3, -0.25) is 0 Å². The molecule has 1 atom stereocenters. The highest BCUT2D eigenvalue weighted by atomic mass is 79.9. The number of rotatable bonds is 4. The summed E-state index contributed by atoms with van der Waals surface area (Å²) in [7, 11) is -3.64. The van der Waals surface area contributed by atoms with Crippen LogP contribution in [0.25, 0.3) is 0 Å². The second-order valence-electron chi connectivity index (χ2n) is 4.61. The summed E-state index contributed by atoms with van der Waals surface area (Å²) in [5, 5.41) is 8.88. The average molecular weight is 352 g/mol. The van der Waals surface area contributed by atoms with Gasteiger partial charge in [-0.1, -0.05) is 0 Å². The number of benzene rings is 1. The van der Waals surface area contributed by atoms with Gasteiger partial charge in [-0.2, -0.15) is 4.31 Å². The predicted octanol–water partition coefficient (Wildman–Crippen LogP) is 1.98. The lowest BCUT2D eigenvalue weighted by Gasteiger charge is -2.16. The number of aliphatic hydroxyl groups is 1. The van der Waals surface area contributed by atoms with Crippen LogP contribution in [0.1, 0.15) is 12.8 Å². The van der Waals surface area contributed by atoms with E-state index >= 15 is 0 Å². The maximum atomic E-state index is 13.4. The molecule has 1 aliphatic heterocycles. The van der Waals surface area contributed by atoms with Crippen LogP contribution >= 0.6 is 15.9 Å². The lowest BCUT2D eigenvalue weighted by Crippen LogP contribution is -2.29. The highest BCUT2D eigenvalue weighted by Crippen LogP contribution is 2.27. The van der Waals surface area contributed by atoms with Crippen molar-refractivity contribution in [3.8, 4) is 0 Å². The molecule has 1 aromatic rings. The first kappa shape index (κ1) is 14.9. The Balaban J connectivity index is 2.21. The zero-order valence-corrected chi connectivity index (χ0v) is 12.6. The number of aliphatic hydroxyl groups excluding tert-OH is 1. The monoisotopic (exact) mass is 351 g/mol. The van der Waals surface area contributed by atoms with Gasteiger partial charge in [0.2, 0.25) is 10.0 Å². The summed E-state index contributed by atoms with van der Waals surface area (Å²) in [6, 6.07) is 3.81. The van der Waals surface area contributed by atoms with E-state index in [1.165, 1.54) is 16.4 Å². The molecular weight excluding hydrogens is 337 g/mol. The third-order valence-corrected chi connectivity index (χ3v) is 5.82. The molecule has 106 valence electrons. The summed E-state index contributed by atoms with van der Waals surface area (Å²) in [5.41, 5.74) is 0. The molecule has 2 rings (SSSR count). The lowest BCUT2D eigenvalue weighted by molar-refractivity contribution is 0.259. The number of nitrogens with zero attached hydrogens (tertiary/aromatic N) is 1. The first-order valence-electron chi connectivity index (χ1n) is 6.01. The van der Waals surface area contributed by atoms with Gasteiger partial charge in [0.15, 0.2) is 0 Å². The first-order valence-corrected chi connectivity index (χ1v) is 8.24. The van der Waals surface area contributed by atoms with Crippen LogP contribution in [0.3, 0.4) is 0 Å². The van der Waals surface area contributed by atoms with E-state index in [1.807, 2.05) is 0 Å². The van der Waals surface area contributed by atoms with Gasteiger partial charge < -0.3 is 5.11 Å². The van der Waals surface area contributed by atoms with Crippen LogP contribution in [0, 0.1) is 11.7 Å². The third-order valence-electron chi connectivity index (χ3n) is 3.31. The highest BCUT2D eigenvalue weighted by molar-refractivity contribution is 9.10. The van der Waals surface area contributed by atoms with Crippen LogP contribution < -0.4 is 0 Å². The van der Waals surface area contributed by atoms with E-state index in [2.05, 4.69) is 15.9 Å². The van der Waals surface area contributed by atoms with E-state index in [9.17, 15) is 12.8 Å². The van der Waals surface area contributed by atoms with Gasteiger partial charge >= 0.3 is 0 Å². The Hall–Kier alpha value is -0.500. The van der Waals surface area contributed by atoms with Crippen molar-refractivity contribution in [1.82, 2.24) is 4.31 Å². The molecule has 1 N–H and O–H groups in total. The third kappa shape index (κ3) is 3.16. The quantitative estimate of drug-likeness (QED) is 0.902. The molecule has 0 aliphatic carbocycles. The van der Waals surface area contributed by atoms with Gasteiger partial charge in [0, 0.05) is 19.7 Å². The summed E-state index contributed by atoms with van der Waals surface area (Å²) in [4.78, 5) is -0.0298. The largest absolute Gasteiger partial charge is 0.396 e. The average Bonchev–Trinajstić information content (AvgIpc) is 2.82. The van der Waals surface area contributed by atoms with Crippen molar-refractivity contribution in [2.45, 2.75) is 17.7 Å². The lowest BCUT2D eigenvalue weighted by atomic mass is 10.1. The van der Waals surface area contributed by atoms with E-state index in [0.29, 0.717) is 19.5 Å². The normalized spacial score (nSPS) is 20.9. The molecule has 0 bridgehead atoms. The Morgan fingerprint density at radius 1 is 1.47 bits per heavy atom. The SMILES string of the molecule is O=S(=O)(c1ccc(Br)c(F)c1)N1CCC(CCO)C1. The Labute approximate surface area is 120 Å². The van der Waals surface area contributed by atoms with E-state index in [1.54, 1.807) is 0 Å². The fraction of sp³-hybridized carbons (Fsp3) is 0.500. The molecule has 1 unspecified atom stereocenters. The van der Waals surface area contributed by atoms with Crippen molar-refractivity contribution in [2.24, 2.45) is 5.92 Å². The Kier molecular flexibility index (Phi) is 4.60. The van der Waals surface area contributed by atoms with Crippen molar-refractivity contribution >= 4 is 26.0 Å². The molecule has 0 spiro atoms. The van der Waals surface area contributed by atoms with E-state index in [4.69, 9.17) is 5.11 Å². The Bertz CT molecular complexity index is 564. The molecule has 4 nitrogen and oxygen atoms in total. The zero-order chi connectivity index (χ0) is 14.0. The van der Waals surface area contributed by atoms with Crippen molar-refractivity contribution in [1.29, 1.82) is 0 Å². The number of hydrogen-bond acceptors (Lipinski definition) is 3. The Morgan fingerprint density at radius 2 is 2.21 bits per heavy atom. The van der Waals surface area contributed by atoms with Crippen molar-refractivity contribution in [3.05, 3.63) is 28.5 Å². The second kappa shape index (κ2) is 5.87. The molecule has 1 heterocycles. The minimum absolute atomic E-state index is 0.0298. The Morgan fingerprint density at radius 3 is 2.84 bits per heavy atom. The summed E-state index contributed by atoms with van der Waals surface area (Å²) >= 11 is 3.00.